The summed E-state index contributed by atoms with van der Waals surface area (Å²) in [4.78, 5) is 0. The van der Waals surface area contributed by atoms with Crippen LogP contribution >= 0.6 is 0 Å². The fourth-order valence-corrected chi connectivity index (χ4v) is 3.14. The lowest BCUT2D eigenvalue weighted by Gasteiger charge is -2.15. The minimum atomic E-state index is 0.781. The zero-order valence-electron chi connectivity index (χ0n) is 16.2. The highest BCUT2D eigenvalue weighted by Gasteiger charge is 2.06. The van der Waals surface area contributed by atoms with Crippen molar-refractivity contribution in [2.45, 2.75) is 98.8 Å². The first-order valence-electron chi connectivity index (χ1n) is 9.81. The van der Waals surface area contributed by atoms with E-state index in [1.54, 1.807) is 0 Å². The fraction of sp³-hybridized carbons (Fsp3) is 0.905. The molecule has 0 spiro atoms. The van der Waals surface area contributed by atoms with Gasteiger partial charge in [-0.2, -0.15) is 0 Å². The molecule has 0 fully saturated rings. The Hall–Kier alpha value is -0.300. The van der Waals surface area contributed by atoms with Gasteiger partial charge in [0.25, 0.3) is 0 Å². The first kappa shape index (κ1) is 21.7. The van der Waals surface area contributed by atoms with E-state index in [9.17, 15) is 0 Å². The molecular weight excluding hydrogens is 266 g/mol. The van der Waals surface area contributed by atoms with Crippen molar-refractivity contribution in [1.29, 1.82) is 0 Å². The van der Waals surface area contributed by atoms with E-state index >= 15 is 0 Å². The Morgan fingerprint density at radius 1 is 0.818 bits per heavy atom. The smallest absolute Gasteiger partial charge is 0.00425 e. The average molecular weight is 310 g/mol. The molecule has 0 radical (unpaired) electrons. The highest BCUT2D eigenvalue weighted by Crippen LogP contribution is 2.22. The zero-order valence-corrected chi connectivity index (χ0v) is 16.2. The predicted octanol–water partition coefficient (Wildman–Crippen LogP) is 6.72. The van der Waals surface area contributed by atoms with Gasteiger partial charge in [-0.1, -0.05) is 84.3 Å². The van der Waals surface area contributed by atoms with Crippen molar-refractivity contribution in [3.8, 4) is 0 Å². The fourth-order valence-electron chi connectivity index (χ4n) is 3.14. The molecule has 0 aromatic heterocycles. The molecule has 0 aromatic rings. The highest BCUT2D eigenvalue weighted by atomic mass is 14.5. The minimum absolute atomic E-state index is 0.781. The summed E-state index contributed by atoms with van der Waals surface area (Å²) in [5.41, 5.74) is 7.06. The molecule has 0 heterocycles. The molecule has 0 bridgehead atoms. The van der Waals surface area contributed by atoms with Gasteiger partial charge in [0.05, 0.1) is 0 Å². The summed E-state index contributed by atoms with van der Waals surface area (Å²) in [7, 11) is 0. The molecule has 2 N–H and O–H groups in total. The van der Waals surface area contributed by atoms with Gasteiger partial charge in [-0.15, -0.1) is 0 Å². The van der Waals surface area contributed by atoms with Gasteiger partial charge in [0.2, 0.25) is 0 Å². The van der Waals surface area contributed by atoms with E-state index in [0.29, 0.717) is 0 Å². The number of rotatable bonds is 14. The molecule has 2 atom stereocenters. The molecule has 1 nitrogen and oxygen atoms in total. The van der Waals surface area contributed by atoms with Crippen LogP contribution in [0.5, 0.6) is 0 Å². The van der Waals surface area contributed by atoms with Crippen molar-refractivity contribution in [3.05, 3.63) is 11.6 Å². The lowest BCUT2D eigenvalue weighted by Crippen LogP contribution is -2.00. The van der Waals surface area contributed by atoms with E-state index in [1.165, 1.54) is 63.4 Å². The van der Waals surface area contributed by atoms with Crippen LogP contribution in [0.3, 0.4) is 0 Å². The van der Waals surface area contributed by atoms with E-state index < -0.39 is 0 Å². The molecule has 0 saturated heterocycles. The van der Waals surface area contributed by atoms with Crippen molar-refractivity contribution in [1.82, 2.24) is 0 Å². The van der Waals surface area contributed by atoms with Crippen molar-refractivity contribution in [2.24, 2.45) is 23.5 Å². The van der Waals surface area contributed by atoms with Crippen molar-refractivity contribution in [2.75, 3.05) is 6.54 Å². The maximum Gasteiger partial charge on any atom is -0.00425 e. The molecule has 22 heavy (non-hydrogen) atoms. The van der Waals surface area contributed by atoms with Gasteiger partial charge >= 0.3 is 0 Å². The second-order valence-electron chi connectivity index (χ2n) is 7.99. The van der Waals surface area contributed by atoms with E-state index in [2.05, 4.69) is 40.7 Å². The lowest BCUT2D eigenvalue weighted by molar-refractivity contribution is 0.389. The molecule has 0 rings (SSSR count). The standard InChI is InChI=1S/C21H43N/c1-18(2)10-6-11-19(3)12-7-13-20(4)14-8-15-21(5)16-9-17-22/h16,18-20H,6-15,17,22H2,1-5H3/b21-16+/t19-,20-/m1/s1. The monoisotopic (exact) mass is 309 g/mol. The van der Waals surface area contributed by atoms with Crippen LogP contribution in [0.2, 0.25) is 0 Å². The van der Waals surface area contributed by atoms with Gasteiger partial charge in [0, 0.05) is 0 Å². The van der Waals surface area contributed by atoms with Gasteiger partial charge in [0.1, 0.15) is 0 Å². The molecule has 0 saturated carbocycles. The Morgan fingerprint density at radius 3 is 1.82 bits per heavy atom. The van der Waals surface area contributed by atoms with E-state index in [-0.39, 0.29) is 0 Å². The number of hydrogen-bond donors (Lipinski definition) is 1. The van der Waals surface area contributed by atoms with Gasteiger partial charge in [-0.05, 0) is 50.5 Å². The van der Waals surface area contributed by atoms with E-state index in [1.807, 2.05) is 0 Å². The average Bonchev–Trinajstić information content (AvgIpc) is 2.44. The third kappa shape index (κ3) is 14.6. The Bertz CT molecular complexity index is 267. The number of hydrogen-bond acceptors (Lipinski definition) is 1. The quantitative estimate of drug-likeness (QED) is 0.354. The largest absolute Gasteiger partial charge is 0.330 e. The predicted molar refractivity (Wildman–Crippen MR) is 102 cm³/mol. The molecule has 0 aliphatic rings. The highest BCUT2D eigenvalue weighted by molar-refractivity contribution is 4.97. The van der Waals surface area contributed by atoms with Crippen LogP contribution in [0.25, 0.3) is 0 Å². The van der Waals surface area contributed by atoms with Gasteiger partial charge in [-0.25, -0.2) is 0 Å². The summed E-state index contributed by atoms with van der Waals surface area (Å²) in [6.45, 7) is 12.6. The van der Waals surface area contributed by atoms with Crippen LogP contribution in [0.4, 0.5) is 0 Å². The molecule has 0 amide bonds. The van der Waals surface area contributed by atoms with Crippen molar-refractivity contribution in [3.63, 3.8) is 0 Å². The summed E-state index contributed by atoms with van der Waals surface area (Å²) in [6, 6.07) is 0. The van der Waals surface area contributed by atoms with E-state index in [0.717, 1.165) is 30.7 Å². The molecule has 1 heteroatoms. The minimum Gasteiger partial charge on any atom is -0.330 e. The van der Waals surface area contributed by atoms with Crippen LogP contribution < -0.4 is 5.73 Å². The second-order valence-corrected chi connectivity index (χ2v) is 7.99. The Kier molecular flexibility index (Phi) is 14.1. The summed E-state index contributed by atoms with van der Waals surface area (Å²) in [5.74, 6) is 2.69. The molecule has 0 unspecified atom stereocenters. The number of allylic oxidation sites excluding steroid dienone is 1. The Morgan fingerprint density at radius 2 is 1.32 bits per heavy atom. The SMILES string of the molecule is C/C(=C\CCN)CCC[C@H](C)CCC[C@H](C)CCCC(C)C. The Labute approximate surface area is 141 Å². The Balaban J connectivity index is 3.54. The van der Waals surface area contributed by atoms with Crippen molar-refractivity contribution < 1.29 is 0 Å². The molecule has 0 aliphatic heterocycles. The van der Waals surface area contributed by atoms with Crippen LogP contribution in [-0.4, -0.2) is 6.54 Å². The summed E-state index contributed by atoms with van der Waals surface area (Å²) < 4.78 is 0. The van der Waals surface area contributed by atoms with Gasteiger partial charge in [0.15, 0.2) is 0 Å². The van der Waals surface area contributed by atoms with Crippen LogP contribution in [0, 0.1) is 17.8 Å². The molecule has 0 aliphatic carbocycles. The third-order valence-corrected chi connectivity index (χ3v) is 4.80. The van der Waals surface area contributed by atoms with Gasteiger partial charge in [-0.3, -0.25) is 0 Å². The normalized spacial score (nSPS) is 15.3. The van der Waals surface area contributed by atoms with Crippen LogP contribution in [0.15, 0.2) is 11.6 Å². The summed E-state index contributed by atoms with van der Waals surface area (Å²) in [6.07, 6.45) is 15.9. The van der Waals surface area contributed by atoms with Gasteiger partial charge < -0.3 is 5.73 Å². The molecular formula is C21H43N. The van der Waals surface area contributed by atoms with Crippen molar-refractivity contribution >= 4 is 0 Å². The zero-order chi connectivity index (χ0) is 16.8. The number of nitrogens with two attached hydrogens (primary N) is 1. The molecule has 132 valence electrons. The maximum absolute atomic E-state index is 5.53. The first-order valence-corrected chi connectivity index (χ1v) is 9.81. The third-order valence-electron chi connectivity index (χ3n) is 4.80. The van der Waals surface area contributed by atoms with Crippen LogP contribution in [-0.2, 0) is 0 Å². The van der Waals surface area contributed by atoms with E-state index in [4.69, 9.17) is 5.73 Å². The first-order chi connectivity index (χ1) is 10.5. The van der Waals surface area contributed by atoms with Crippen LogP contribution in [0.1, 0.15) is 98.8 Å². The second kappa shape index (κ2) is 14.3. The maximum atomic E-state index is 5.53. The summed E-state index contributed by atoms with van der Waals surface area (Å²) in [5, 5.41) is 0. The topological polar surface area (TPSA) is 26.0 Å². The summed E-state index contributed by atoms with van der Waals surface area (Å²) >= 11 is 0. The lowest BCUT2D eigenvalue weighted by atomic mass is 9.91. The molecule has 0 aromatic carbocycles.